The van der Waals surface area contributed by atoms with Crippen LogP contribution in [-0.2, 0) is 14.2 Å². The molecule has 0 aromatic rings. The monoisotopic (exact) mass is 303 g/mol. The van der Waals surface area contributed by atoms with Gasteiger partial charge >= 0.3 is 0 Å². The van der Waals surface area contributed by atoms with Gasteiger partial charge in [-0.05, 0) is 33.5 Å². The highest BCUT2D eigenvalue weighted by atomic mass is 16.9. The molecule has 0 rings (SSSR count). The molecule has 0 saturated heterocycles. The molecular formula is C17H37NO3. The quantitative estimate of drug-likeness (QED) is 0.360. The highest BCUT2D eigenvalue weighted by Gasteiger charge is 2.39. The minimum Gasteiger partial charge on any atom is -0.331 e. The van der Waals surface area contributed by atoms with Crippen molar-refractivity contribution in [3.8, 4) is 0 Å². The second-order valence-corrected chi connectivity index (χ2v) is 6.06. The molecule has 0 saturated carbocycles. The fourth-order valence-electron chi connectivity index (χ4n) is 2.83. The van der Waals surface area contributed by atoms with E-state index in [-0.39, 0.29) is 5.92 Å². The molecule has 4 heteroatoms. The summed E-state index contributed by atoms with van der Waals surface area (Å²) in [6, 6.07) is 0. The summed E-state index contributed by atoms with van der Waals surface area (Å²) >= 11 is 0. The molecule has 1 atom stereocenters. The molecule has 128 valence electrons. The van der Waals surface area contributed by atoms with Crippen molar-refractivity contribution in [1.82, 2.24) is 4.90 Å². The summed E-state index contributed by atoms with van der Waals surface area (Å²) in [5.74, 6) is -0.648. The van der Waals surface area contributed by atoms with Crippen molar-refractivity contribution >= 4 is 0 Å². The Morgan fingerprint density at radius 3 is 1.81 bits per heavy atom. The lowest BCUT2D eigenvalue weighted by atomic mass is 9.94. The Bertz CT molecular complexity index is 222. The standard InChI is InChI=1S/C17H37NO3/c1-7-8-9-10-11-12-13-16(14-15-18(2)3)17(19-4,20-5)21-6/h16H,7-15H2,1-6H3. The predicted octanol–water partition coefficient (Wildman–Crippen LogP) is 3.90. The molecule has 0 heterocycles. The molecule has 0 amide bonds. The van der Waals surface area contributed by atoms with E-state index in [1.54, 1.807) is 21.3 Å². The number of unbranched alkanes of at least 4 members (excludes halogenated alkanes) is 5. The molecule has 0 fully saturated rings. The van der Waals surface area contributed by atoms with E-state index in [0.717, 1.165) is 19.4 Å². The maximum atomic E-state index is 5.56. The lowest BCUT2D eigenvalue weighted by Crippen LogP contribution is -2.45. The van der Waals surface area contributed by atoms with Crippen LogP contribution in [0.5, 0.6) is 0 Å². The molecule has 4 nitrogen and oxygen atoms in total. The number of ether oxygens (including phenoxy) is 3. The van der Waals surface area contributed by atoms with Gasteiger partial charge in [0.25, 0.3) is 5.97 Å². The van der Waals surface area contributed by atoms with Gasteiger partial charge in [-0.15, -0.1) is 0 Å². The highest BCUT2D eigenvalue weighted by molar-refractivity contribution is 4.72. The number of rotatable bonds is 14. The summed E-state index contributed by atoms with van der Waals surface area (Å²) in [4.78, 5) is 2.19. The molecule has 0 spiro atoms. The van der Waals surface area contributed by atoms with Gasteiger partial charge in [0.1, 0.15) is 0 Å². The molecule has 1 unspecified atom stereocenters. The van der Waals surface area contributed by atoms with E-state index in [1.807, 2.05) is 0 Å². The molecule has 0 aliphatic carbocycles. The zero-order valence-corrected chi connectivity index (χ0v) is 15.1. The Hall–Kier alpha value is -0.160. The van der Waals surface area contributed by atoms with E-state index < -0.39 is 5.97 Å². The van der Waals surface area contributed by atoms with Gasteiger partial charge in [0, 0.05) is 27.2 Å². The fourth-order valence-corrected chi connectivity index (χ4v) is 2.83. The van der Waals surface area contributed by atoms with Crippen molar-refractivity contribution in [2.24, 2.45) is 5.92 Å². The van der Waals surface area contributed by atoms with Crippen LogP contribution in [0.1, 0.15) is 58.3 Å². The molecule has 0 radical (unpaired) electrons. The van der Waals surface area contributed by atoms with Gasteiger partial charge in [-0.2, -0.15) is 0 Å². The molecule has 0 bridgehead atoms. The summed E-state index contributed by atoms with van der Waals surface area (Å²) < 4.78 is 16.7. The number of hydrogen-bond acceptors (Lipinski definition) is 4. The Labute approximate surface area is 132 Å². The first kappa shape index (κ1) is 20.8. The Morgan fingerprint density at radius 1 is 0.810 bits per heavy atom. The first-order chi connectivity index (χ1) is 10.1. The van der Waals surface area contributed by atoms with Crippen molar-refractivity contribution in [2.75, 3.05) is 42.0 Å². The van der Waals surface area contributed by atoms with Crippen LogP contribution in [0.15, 0.2) is 0 Å². The third-order valence-corrected chi connectivity index (χ3v) is 4.18. The van der Waals surface area contributed by atoms with E-state index in [4.69, 9.17) is 14.2 Å². The van der Waals surface area contributed by atoms with Gasteiger partial charge in [-0.25, -0.2) is 0 Å². The van der Waals surface area contributed by atoms with E-state index in [1.165, 1.54) is 38.5 Å². The van der Waals surface area contributed by atoms with E-state index >= 15 is 0 Å². The highest BCUT2D eigenvalue weighted by Crippen LogP contribution is 2.31. The SMILES string of the molecule is CCCCCCCCC(CCN(C)C)C(OC)(OC)OC. The average Bonchev–Trinajstić information content (AvgIpc) is 2.49. The number of methoxy groups -OCH3 is 3. The van der Waals surface area contributed by atoms with Crippen LogP contribution in [0.4, 0.5) is 0 Å². The zero-order valence-electron chi connectivity index (χ0n) is 15.1. The van der Waals surface area contributed by atoms with Crippen LogP contribution < -0.4 is 0 Å². The molecule has 21 heavy (non-hydrogen) atoms. The third-order valence-electron chi connectivity index (χ3n) is 4.18. The van der Waals surface area contributed by atoms with Crippen LogP contribution in [0.25, 0.3) is 0 Å². The first-order valence-electron chi connectivity index (χ1n) is 8.36. The Kier molecular flexibility index (Phi) is 12.3. The summed E-state index contributed by atoms with van der Waals surface area (Å²) in [6.45, 7) is 3.26. The van der Waals surface area contributed by atoms with Crippen LogP contribution in [0, 0.1) is 5.92 Å². The van der Waals surface area contributed by atoms with Crippen LogP contribution in [0.2, 0.25) is 0 Å². The van der Waals surface area contributed by atoms with Crippen molar-refractivity contribution < 1.29 is 14.2 Å². The van der Waals surface area contributed by atoms with Crippen molar-refractivity contribution in [3.63, 3.8) is 0 Å². The van der Waals surface area contributed by atoms with E-state index in [9.17, 15) is 0 Å². The summed E-state index contributed by atoms with van der Waals surface area (Å²) in [5.41, 5.74) is 0. The van der Waals surface area contributed by atoms with Gasteiger partial charge in [0.05, 0.1) is 0 Å². The zero-order chi connectivity index (χ0) is 16.1. The maximum absolute atomic E-state index is 5.56. The third kappa shape index (κ3) is 8.15. The van der Waals surface area contributed by atoms with Gasteiger partial charge in [-0.3, -0.25) is 0 Å². The minimum absolute atomic E-state index is 0.256. The van der Waals surface area contributed by atoms with E-state index in [0.29, 0.717) is 0 Å². The molecule has 0 aliphatic heterocycles. The van der Waals surface area contributed by atoms with Crippen molar-refractivity contribution in [3.05, 3.63) is 0 Å². The molecule has 0 aromatic carbocycles. The van der Waals surface area contributed by atoms with Crippen molar-refractivity contribution in [1.29, 1.82) is 0 Å². The normalized spacial score (nSPS) is 13.9. The van der Waals surface area contributed by atoms with Crippen molar-refractivity contribution in [2.45, 2.75) is 64.3 Å². The molecule has 0 N–H and O–H groups in total. The van der Waals surface area contributed by atoms with Crippen LogP contribution in [0.3, 0.4) is 0 Å². The topological polar surface area (TPSA) is 30.9 Å². The maximum Gasteiger partial charge on any atom is 0.285 e. The van der Waals surface area contributed by atoms with E-state index in [2.05, 4.69) is 25.9 Å². The Morgan fingerprint density at radius 2 is 1.33 bits per heavy atom. The van der Waals surface area contributed by atoms with Gasteiger partial charge in [0.2, 0.25) is 0 Å². The van der Waals surface area contributed by atoms with Crippen LogP contribution >= 0.6 is 0 Å². The van der Waals surface area contributed by atoms with Gasteiger partial charge in [-0.1, -0.05) is 45.4 Å². The van der Waals surface area contributed by atoms with Crippen LogP contribution in [-0.4, -0.2) is 52.8 Å². The Balaban J connectivity index is 4.37. The molecule has 0 aliphatic rings. The lowest BCUT2D eigenvalue weighted by Gasteiger charge is -2.37. The molecule has 0 aromatic heterocycles. The fraction of sp³-hybridized carbons (Fsp3) is 1.00. The second-order valence-electron chi connectivity index (χ2n) is 6.06. The summed E-state index contributed by atoms with van der Waals surface area (Å²) in [6.07, 6.45) is 9.91. The summed E-state index contributed by atoms with van der Waals surface area (Å²) in [5, 5.41) is 0. The number of hydrogen-bond donors (Lipinski definition) is 0. The first-order valence-corrected chi connectivity index (χ1v) is 8.36. The molecular weight excluding hydrogens is 266 g/mol. The smallest absolute Gasteiger partial charge is 0.285 e. The average molecular weight is 303 g/mol. The summed E-state index contributed by atoms with van der Waals surface area (Å²) in [7, 11) is 9.18. The second kappa shape index (κ2) is 12.4. The minimum atomic E-state index is -0.903. The van der Waals surface area contributed by atoms with Gasteiger partial charge in [0.15, 0.2) is 0 Å². The lowest BCUT2D eigenvalue weighted by molar-refractivity contribution is -0.380. The number of nitrogens with zero attached hydrogens (tertiary/aromatic N) is 1. The largest absolute Gasteiger partial charge is 0.331 e. The van der Waals surface area contributed by atoms with Gasteiger partial charge < -0.3 is 19.1 Å². The predicted molar refractivity (Wildman–Crippen MR) is 88.4 cm³/mol.